The first-order valence-corrected chi connectivity index (χ1v) is 42.9. The molecule has 0 radical (unpaired) electrons. The minimum Gasteiger partial charge on any atom is -0.489 e. The highest BCUT2D eigenvalue weighted by Crippen LogP contribution is 2.59. The maximum Gasteiger partial charge on any atom is 0.307 e. The zero-order valence-corrected chi connectivity index (χ0v) is 67.5. The molecule has 0 unspecified atom stereocenters. The Morgan fingerprint density at radius 2 is 0.955 bits per heavy atom. The number of anilines is 2. The van der Waals surface area contributed by atoms with Crippen molar-refractivity contribution in [2.75, 3.05) is 63.3 Å². The van der Waals surface area contributed by atoms with Gasteiger partial charge in [-0.1, -0.05) is 52.0 Å². The molecule has 2 saturated heterocycles. The van der Waals surface area contributed by atoms with Crippen LogP contribution in [-0.4, -0.2) is 183 Å². The highest BCUT2D eigenvalue weighted by Gasteiger charge is 2.64. The van der Waals surface area contributed by atoms with Gasteiger partial charge in [-0.05, 0) is 190 Å². The van der Waals surface area contributed by atoms with Gasteiger partial charge in [-0.15, -0.1) is 0 Å². The molecule has 6 aliphatic heterocycles. The molecule has 6 fully saturated rings. The van der Waals surface area contributed by atoms with E-state index in [0.29, 0.717) is 86.9 Å². The number of ketones is 2. The quantitative estimate of drug-likeness (QED) is 0.0875. The van der Waals surface area contributed by atoms with Crippen molar-refractivity contribution in [2.24, 2.45) is 58.2 Å². The molecule has 10 aliphatic rings. The van der Waals surface area contributed by atoms with Crippen LogP contribution in [0.1, 0.15) is 193 Å². The Labute approximate surface area is 666 Å². The molecule has 14 atom stereocenters. The van der Waals surface area contributed by atoms with Gasteiger partial charge in [-0.25, -0.2) is 26.8 Å². The van der Waals surface area contributed by atoms with Gasteiger partial charge in [0, 0.05) is 81.9 Å². The minimum atomic E-state index is -3.90. The number of allylic oxidation sites excluding steroid dienone is 4. The molecular formula is C84H112N8O18S2. The van der Waals surface area contributed by atoms with E-state index in [-0.39, 0.29) is 98.9 Å². The molecule has 14 rings (SSSR count). The monoisotopic (exact) mass is 1590 g/mol. The van der Waals surface area contributed by atoms with Crippen molar-refractivity contribution in [1.29, 1.82) is 0 Å². The van der Waals surface area contributed by atoms with Crippen LogP contribution in [0.5, 0.6) is 23.3 Å². The van der Waals surface area contributed by atoms with Crippen LogP contribution < -0.4 is 38.2 Å². The van der Waals surface area contributed by atoms with Gasteiger partial charge in [0.1, 0.15) is 36.6 Å². The van der Waals surface area contributed by atoms with Crippen LogP contribution in [0.3, 0.4) is 0 Å². The number of carbonyl (C=O) groups is 8. The first kappa shape index (κ1) is 73.8. The van der Waals surface area contributed by atoms with Gasteiger partial charge in [0.25, 0.3) is 0 Å². The van der Waals surface area contributed by atoms with E-state index in [1.54, 1.807) is 12.4 Å². The number of aromatic nitrogens is 2. The van der Waals surface area contributed by atoms with Crippen molar-refractivity contribution >= 4 is 100 Å². The number of pyridine rings is 2. The number of nitrogens with zero attached hydrogens (tertiary/aromatic N) is 6. The summed E-state index contributed by atoms with van der Waals surface area (Å²) in [5.41, 5.74) is -4.39. The van der Waals surface area contributed by atoms with Crippen molar-refractivity contribution in [3.8, 4) is 23.3 Å². The average molecular weight is 1590 g/mol. The third kappa shape index (κ3) is 18.2. The van der Waals surface area contributed by atoms with E-state index in [1.807, 2.05) is 88.6 Å². The average Bonchev–Trinajstić information content (AvgIpc) is 1.57. The van der Waals surface area contributed by atoms with Crippen LogP contribution in [0.15, 0.2) is 73.1 Å². The van der Waals surface area contributed by atoms with E-state index in [0.717, 1.165) is 48.1 Å². The van der Waals surface area contributed by atoms with Gasteiger partial charge in [0.2, 0.25) is 55.4 Å². The highest BCUT2D eigenvalue weighted by molar-refractivity contribution is 7.91. The molecule has 4 amide bonds. The predicted molar refractivity (Wildman–Crippen MR) is 421 cm³/mol. The molecular weight excluding hydrogens is 1470 g/mol. The number of likely N-dealkylation sites (N-methyl/N-ethyl adjacent to an activating group) is 2. The summed E-state index contributed by atoms with van der Waals surface area (Å²) in [6.45, 7) is 10.3. The van der Waals surface area contributed by atoms with Crippen LogP contribution in [0.2, 0.25) is 0 Å². The first-order valence-electron chi connectivity index (χ1n) is 42.8. The number of amides is 4. The lowest BCUT2D eigenvalue weighted by molar-refractivity contribution is -0.160. The van der Waals surface area contributed by atoms with Crippen LogP contribution in [0.4, 0.5) is 11.4 Å². The second-order valence-corrected chi connectivity index (χ2v) is 38.5. The summed E-state index contributed by atoms with van der Waals surface area (Å²) in [6.07, 6.45) is 14.6. The second-order valence-electron chi connectivity index (χ2n) is 34.6. The van der Waals surface area contributed by atoms with E-state index < -0.39 is 162 Å². The summed E-state index contributed by atoms with van der Waals surface area (Å²) in [7, 11) is -3.82. The number of ether oxygens (including phenoxy) is 6. The molecule has 4 aliphatic carbocycles. The highest BCUT2D eigenvalue weighted by atomic mass is 32.2. The smallest absolute Gasteiger partial charge is 0.307 e. The summed E-state index contributed by atoms with van der Waals surface area (Å²) in [5.74, 6) is -6.13. The third-order valence-corrected chi connectivity index (χ3v) is 27.9. The second kappa shape index (κ2) is 32.1. The lowest BCUT2D eigenvalue weighted by Crippen LogP contribution is -2.47. The Morgan fingerprint density at radius 1 is 0.562 bits per heavy atom. The maximum atomic E-state index is 15.0. The summed E-state index contributed by atoms with van der Waals surface area (Å²) in [6, 6.07) is 9.21. The molecule has 112 heavy (non-hydrogen) atoms. The maximum absolute atomic E-state index is 15.0. The van der Waals surface area contributed by atoms with Crippen molar-refractivity contribution in [2.45, 2.75) is 231 Å². The number of carbonyl (C=O) groups excluding carboxylic acids is 8. The number of nitrogens with one attached hydrogen (secondary N) is 2. The van der Waals surface area contributed by atoms with Crippen molar-refractivity contribution < 1.29 is 91.8 Å². The summed E-state index contributed by atoms with van der Waals surface area (Å²) >= 11 is 0. The van der Waals surface area contributed by atoms with Gasteiger partial charge in [0.15, 0.2) is 23.1 Å². The topological polar surface area (TPSA) is 323 Å². The largest absolute Gasteiger partial charge is 0.489 e. The SMILES string of the molecule is [2H]C([2H])([2H])C(C)(C)OC(=O)C[C@@H]1C(=O)N2C[C@H](Oc3nccc4c5c(ccc34)N(C)CCO5)C[C@H]2C(=O)C[C@]2(C(=O)NS(=O)(=O)C3CC3)C[C@H]2/C=C\CC[C@@H](C)C[C@H]1C.[2H]C([2H])([2H])C(C)(C)OC(=O)C[C@@H]1C(=O)N2C[C@H](Oc3nccc4c5c(ccc34)N(C)CCO5)C[C@H]2C(=O)C[C@]2(C(=O)NS(=O)(=O)C3CC3)C[C@H]2/C=C\CC[C@H](C)C[C@H]1C. The normalized spacial score (nSPS) is 31.6. The zero-order valence-electron chi connectivity index (χ0n) is 71.8. The number of esters is 2. The molecule has 608 valence electrons. The Bertz CT molecular complexity index is 4580. The zero-order chi connectivity index (χ0) is 85.3. The Kier molecular flexibility index (Phi) is 21.1. The van der Waals surface area contributed by atoms with E-state index in [4.69, 9.17) is 36.6 Å². The summed E-state index contributed by atoms with van der Waals surface area (Å²) < 4.78 is 140. The van der Waals surface area contributed by atoms with E-state index >= 15 is 0 Å². The van der Waals surface area contributed by atoms with E-state index in [2.05, 4.69) is 43.1 Å². The third-order valence-electron chi connectivity index (χ3n) is 24.2. The van der Waals surface area contributed by atoms with Gasteiger partial charge in [-0.3, -0.25) is 47.8 Å². The van der Waals surface area contributed by atoms with Gasteiger partial charge in [0.05, 0.1) is 95.6 Å². The Hall–Kier alpha value is -8.40. The molecule has 8 heterocycles. The predicted octanol–water partition coefficient (Wildman–Crippen LogP) is 10.7. The molecule has 0 spiro atoms. The van der Waals surface area contributed by atoms with Crippen molar-refractivity contribution in [1.82, 2.24) is 29.2 Å². The van der Waals surface area contributed by atoms with E-state index in [1.165, 1.54) is 37.5 Å². The lowest BCUT2D eigenvalue weighted by atomic mass is 9.82. The molecule has 2 aromatic heterocycles. The van der Waals surface area contributed by atoms with Crippen LogP contribution in [-0.2, 0) is 67.9 Å². The molecule has 2 N–H and O–H groups in total. The Morgan fingerprint density at radius 3 is 1.33 bits per heavy atom. The number of Topliss-reactive ketones (excluding diaryl/α,β-unsaturated/α-hetero) is 2. The lowest BCUT2D eigenvalue weighted by Gasteiger charge is -2.32. The van der Waals surface area contributed by atoms with Gasteiger partial charge in [-0.2, -0.15) is 0 Å². The number of hydrogen-bond donors (Lipinski definition) is 2. The molecule has 2 aromatic carbocycles. The van der Waals surface area contributed by atoms with Crippen LogP contribution in [0.25, 0.3) is 21.5 Å². The van der Waals surface area contributed by atoms with Crippen LogP contribution in [0, 0.1) is 58.2 Å². The Balaban J connectivity index is 0.000000205. The number of rotatable bonds is 14. The first-order chi connectivity index (χ1) is 55.4. The molecule has 26 nitrogen and oxygen atoms in total. The molecule has 0 bridgehead atoms. The number of sulfonamides is 2. The number of benzene rings is 2. The van der Waals surface area contributed by atoms with Crippen LogP contribution >= 0.6 is 0 Å². The molecule has 4 saturated carbocycles. The van der Waals surface area contributed by atoms with E-state index in [9.17, 15) is 55.2 Å². The fraction of sp³-hybridized carbons (Fsp3) is 0.643. The fourth-order valence-electron chi connectivity index (χ4n) is 17.6. The summed E-state index contributed by atoms with van der Waals surface area (Å²) in [5, 5.41) is 1.69. The summed E-state index contributed by atoms with van der Waals surface area (Å²) in [4.78, 5) is 131. The van der Waals surface area contributed by atoms with Gasteiger partial charge >= 0.3 is 11.9 Å². The number of fused-ring (bicyclic) bond motifs is 10. The molecule has 28 heteroatoms. The molecule has 4 aromatic rings. The van der Waals surface area contributed by atoms with Gasteiger partial charge < -0.3 is 48.0 Å². The standard InChI is InChI=1S/2C42H56N4O9S/c2*1-25-9-7-8-10-27-22-42(27,40(50)44-56(51,52)29-11-12-29)23-35(47)34-20-28(24-46(34)39(49)32(26(2)19-25)21-36(48)55-41(3,4)5)54-38-31-13-14-33-37(30(31)15-16-43-38)53-18-17-45(33)6/h2*8,10,13-16,25-29,32,34H,7,9,11-12,17-24H2,1-6H3,(H,44,50)/b2*10-8-/t25-,26+,27+,28+,32-,34-,42+;25-,26-,27-,28-,32+,34+,42-/m01/s1/i2*3D3. The fourth-order valence-corrected chi connectivity index (χ4v) is 20.4. The minimum absolute atomic E-state index is 0.0370. The van der Waals surface area contributed by atoms with Crippen molar-refractivity contribution in [3.63, 3.8) is 0 Å². The number of hydrogen-bond acceptors (Lipinski definition) is 22. The van der Waals surface area contributed by atoms with Crippen molar-refractivity contribution in [3.05, 3.63) is 73.1 Å².